The lowest BCUT2D eigenvalue weighted by Gasteiger charge is -2.41. The van der Waals surface area contributed by atoms with Crippen LogP contribution in [0.5, 0.6) is 0 Å². The highest BCUT2D eigenvalue weighted by Crippen LogP contribution is 2.42. The van der Waals surface area contributed by atoms with Gasteiger partial charge in [-0.15, -0.1) is 0 Å². The summed E-state index contributed by atoms with van der Waals surface area (Å²) in [6.07, 6.45) is -1.63. The third-order valence-electron chi connectivity index (χ3n) is 6.07. The Balaban J connectivity index is 1.49. The van der Waals surface area contributed by atoms with Gasteiger partial charge in [-0.05, 0) is 68.1 Å². The van der Waals surface area contributed by atoms with Crippen LogP contribution in [0, 0.1) is 22.7 Å². The van der Waals surface area contributed by atoms with E-state index in [4.69, 9.17) is 10.5 Å². The van der Waals surface area contributed by atoms with Crippen molar-refractivity contribution in [3.8, 4) is 12.1 Å². The van der Waals surface area contributed by atoms with E-state index < -0.39 is 11.7 Å². The molecule has 2 aromatic carbocycles. The highest BCUT2D eigenvalue weighted by Gasteiger charge is 2.42. The van der Waals surface area contributed by atoms with Gasteiger partial charge in [-0.25, -0.2) is 0 Å². The maximum absolute atomic E-state index is 13.4. The van der Waals surface area contributed by atoms with Crippen molar-refractivity contribution in [2.45, 2.75) is 50.0 Å². The van der Waals surface area contributed by atoms with Crippen LogP contribution in [0.25, 0.3) is 0 Å². The predicted octanol–water partition coefficient (Wildman–Crippen LogP) is 4.38. The molecule has 2 unspecified atom stereocenters. The number of carbonyl (C=O) groups excluding carboxylic acids is 1. The lowest BCUT2D eigenvalue weighted by atomic mass is 9.95. The SMILES string of the molecule is N#Cc1ccc(C(=O)NC2CC3CCC(C2)N3c2ccc(C#N)c(C(F)(F)F)c2)cc1. The monoisotopic (exact) mass is 424 g/mol. The molecule has 2 atom stereocenters. The summed E-state index contributed by atoms with van der Waals surface area (Å²) in [5, 5.41) is 20.9. The Hall–Kier alpha value is -3.52. The Morgan fingerprint density at radius 1 is 1.00 bits per heavy atom. The molecular weight excluding hydrogens is 405 g/mol. The third-order valence-corrected chi connectivity index (χ3v) is 6.07. The number of rotatable bonds is 3. The molecule has 2 bridgehead atoms. The van der Waals surface area contributed by atoms with Crippen LogP contribution in [0.1, 0.15) is 52.7 Å². The summed E-state index contributed by atoms with van der Waals surface area (Å²) in [6, 6.07) is 13.9. The minimum absolute atomic E-state index is 0.0269. The molecule has 31 heavy (non-hydrogen) atoms. The van der Waals surface area contributed by atoms with Crippen LogP contribution in [0.2, 0.25) is 0 Å². The van der Waals surface area contributed by atoms with E-state index in [2.05, 4.69) is 5.32 Å². The first kappa shape index (κ1) is 20.7. The molecule has 0 saturated carbocycles. The van der Waals surface area contributed by atoms with Gasteiger partial charge in [0.05, 0.1) is 28.8 Å². The van der Waals surface area contributed by atoms with E-state index in [0.717, 1.165) is 18.9 Å². The van der Waals surface area contributed by atoms with Crippen LogP contribution in [-0.2, 0) is 6.18 Å². The highest BCUT2D eigenvalue weighted by molar-refractivity contribution is 5.94. The van der Waals surface area contributed by atoms with Gasteiger partial charge in [-0.1, -0.05) is 0 Å². The molecular formula is C23H19F3N4O. The Kier molecular flexibility index (Phi) is 5.32. The van der Waals surface area contributed by atoms with Crippen LogP contribution in [-0.4, -0.2) is 24.0 Å². The number of benzene rings is 2. The number of fused-ring (bicyclic) bond motifs is 2. The molecule has 8 heteroatoms. The Morgan fingerprint density at radius 3 is 2.19 bits per heavy atom. The number of nitriles is 2. The van der Waals surface area contributed by atoms with Crippen LogP contribution in [0.3, 0.4) is 0 Å². The molecule has 1 N–H and O–H groups in total. The molecule has 2 heterocycles. The molecule has 0 aliphatic carbocycles. The topological polar surface area (TPSA) is 79.9 Å². The molecule has 5 nitrogen and oxygen atoms in total. The zero-order valence-electron chi connectivity index (χ0n) is 16.5. The lowest BCUT2D eigenvalue weighted by molar-refractivity contribution is -0.137. The molecule has 2 saturated heterocycles. The molecule has 2 aromatic rings. The second-order valence-electron chi connectivity index (χ2n) is 7.96. The van der Waals surface area contributed by atoms with Crippen LogP contribution in [0.4, 0.5) is 18.9 Å². The van der Waals surface area contributed by atoms with Crippen molar-refractivity contribution in [3.63, 3.8) is 0 Å². The Bertz CT molecular complexity index is 1070. The van der Waals surface area contributed by atoms with Crippen molar-refractivity contribution >= 4 is 11.6 Å². The number of hydrogen-bond acceptors (Lipinski definition) is 4. The van der Waals surface area contributed by atoms with Crippen LogP contribution < -0.4 is 10.2 Å². The third kappa shape index (κ3) is 4.06. The fourth-order valence-corrected chi connectivity index (χ4v) is 4.71. The smallest absolute Gasteiger partial charge is 0.365 e. The first-order valence-corrected chi connectivity index (χ1v) is 10.0. The first-order valence-electron chi connectivity index (χ1n) is 10.0. The summed E-state index contributed by atoms with van der Waals surface area (Å²) in [5.41, 5.74) is 0.117. The molecule has 0 radical (unpaired) electrons. The zero-order chi connectivity index (χ0) is 22.2. The predicted molar refractivity (Wildman–Crippen MR) is 107 cm³/mol. The molecule has 2 aliphatic heterocycles. The van der Waals surface area contributed by atoms with Gasteiger partial charge in [0.15, 0.2) is 0 Å². The van der Waals surface area contributed by atoms with Gasteiger partial charge in [0, 0.05) is 29.4 Å². The largest absolute Gasteiger partial charge is 0.417 e. The normalized spacial score (nSPS) is 22.5. The number of anilines is 1. The van der Waals surface area contributed by atoms with Gasteiger partial charge in [0.25, 0.3) is 5.91 Å². The number of nitrogens with one attached hydrogen (secondary N) is 1. The number of halogens is 3. The van der Waals surface area contributed by atoms with E-state index in [1.165, 1.54) is 6.07 Å². The average Bonchev–Trinajstić information content (AvgIpc) is 3.03. The summed E-state index contributed by atoms with van der Waals surface area (Å²) < 4.78 is 40.1. The number of alkyl halides is 3. The second kappa shape index (κ2) is 7.96. The molecule has 0 aromatic heterocycles. The number of hydrogen-bond donors (Lipinski definition) is 1. The van der Waals surface area contributed by atoms with E-state index >= 15 is 0 Å². The van der Waals surface area contributed by atoms with Gasteiger partial charge in [-0.2, -0.15) is 23.7 Å². The van der Waals surface area contributed by atoms with E-state index in [0.29, 0.717) is 29.7 Å². The van der Waals surface area contributed by atoms with Gasteiger partial charge < -0.3 is 10.2 Å². The quantitative estimate of drug-likeness (QED) is 0.793. The van der Waals surface area contributed by atoms with Crippen molar-refractivity contribution in [1.82, 2.24) is 5.32 Å². The average molecular weight is 424 g/mol. The highest BCUT2D eigenvalue weighted by atomic mass is 19.4. The standard InChI is InChI=1S/C23H19F3N4O/c24-23(25,26)21-11-20(6-5-16(21)13-28)30-18-7-8-19(30)10-17(9-18)29-22(31)15-3-1-14(12-27)2-4-15/h1-6,11,17-19H,7-10H2,(H,29,31). The minimum Gasteiger partial charge on any atom is -0.365 e. The van der Waals surface area contributed by atoms with Crippen molar-refractivity contribution in [2.24, 2.45) is 0 Å². The molecule has 2 fully saturated rings. The van der Waals surface area contributed by atoms with Gasteiger partial charge >= 0.3 is 6.18 Å². The summed E-state index contributed by atoms with van der Waals surface area (Å²) in [4.78, 5) is 14.6. The lowest BCUT2D eigenvalue weighted by Crippen LogP contribution is -2.50. The summed E-state index contributed by atoms with van der Waals surface area (Å²) in [7, 11) is 0. The molecule has 4 rings (SSSR count). The van der Waals surface area contributed by atoms with Crippen LogP contribution >= 0.6 is 0 Å². The molecule has 0 spiro atoms. The fraction of sp³-hybridized carbons (Fsp3) is 0.348. The van der Waals surface area contributed by atoms with E-state index in [-0.39, 0.29) is 29.6 Å². The summed E-state index contributed by atoms with van der Waals surface area (Å²) in [5.74, 6) is -0.222. The number of piperidine rings is 1. The van der Waals surface area contributed by atoms with Gasteiger partial charge in [-0.3, -0.25) is 4.79 Å². The van der Waals surface area contributed by atoms with E-state index in [1.54, 1.807) is 36.4 Å². The fourth-order valence-electron chi connectivity index (χ4n) is 4.71. The summed E-state index contributed by atoms with van der Waals surface area (Å²) >= 11 is 0. The molecule has 1 amide bonds. The van der Waals surface area contributed by atoms with E-state index in [1.807, 2.05) is 11.0 Å². The zero-order valence-corrected chi connectivity index (χ0v) is 16.5. The van der Waals surface area contributed by atoms with Crippen molar-refractivity contribution in [1.29, 1.82) is 10.5 Å². The van der Waals surface area contributed by atoms with Crippen molar-refractivity contribution in [2.75, 3.05) is 4.90 Å². The molecule has 158 valence electrons. The second-order valence-corrected chi connectivity index (χ2v) is 7.96. The molecule has 2 aliphatic rings. The maximum atomic E-state index is 13.4. The number of carbonyl (C=O) groups is 1. The Labute approximate surface area is 177 Å². The van der Waals surface area contributed by atoms with E-state index in [9.17, 15) is 18.0 Å². The van der Waals surface area contributed by atoms with Gasteiger partial charge in [0.2, 0.25) is 0 Å². The number of amides is 1. The van der Waals surface area contributed by atoms with Gasteiger partial charge in [0.1, 0.15) is 0 Å². The first-order chi connectivity index (χ1) is 14.8. The summed E-state index contributed by atoms with van der Waals surface area (Å²) in [6.45, 7) is 0. The maximum Gasteiger partial charge on any atom is 0.417 e. The van der Waals surface area contributed by atoms with Crippen molar-refractivity contribution in [3.05, 3.63) is 64.7 Å². The Morgan fingerprint density at radius 2 is 1.65 bits per heavy atom. The van der Waals surface area contributed by atoms with Crippen molar-refractivity contribution < 1.29 is 18.0 Å². The minimum atomic E-state index is -4.59. The number of nitrogens with zero attached hydrogens (tertiary/aromatic N) is 3. The van der Waals surface area contributed by atoms with Crippen LogP contribution in [0.15, 0.2) is 42.5 Å².